The molecule has 0 bridgehead atoms. The summed E-state index contributed by atoms with van der Waals surface area (Å²) in [6, 6.07) is 15.2. The number of nitrogens with one attached hydrogen (secondary N) is 1. The SMILES string of the molecule is CC(C)c1ccc(Nc2nc3cc(CCC(=O)O)ccc3n2C2CCC[C@@H](C)C2)cc1. The number of hydrogen-bond acceptors (Lipinski definition) is 3. The predicted molar refractivity (Wildman–Crippen MR) is 126 cm³/mol. The molecule has 1 aromatic heterocycles. The molecule has 1 aliphatic rings. The Morgan fingerprint density at radius 1 is 1.19 bits per heavy atom. The molecule has 1 aliphatic carbocycles. The monoisotopic (exact) mass is 419 g/mol. The molecule has 0 aliphatic heterocycles. The minimum absolute atomic E-state index is 0.139. The van der Waals surface area contributed by atoms with Crippen LogP contribution in [0.4, 0.5) is 11.6 Å². The maximum atomic E-state index is 11.0. The molecule has 0 radical (unpaired) electrons. The van der Waals surface area contributed by atoms with Crippen molar-refractivity contribution in [3.05, 3.63) is 53.6 Å². The van der Waals surface area contributed by atoms with Crippen molar-refractivity contribution >= 4 is 28.6 Å². The van der Waals surface area contributed by atoms with Gasteiger partial charge in [-0.1, -0.05) is 51.8 Å². The number of rotatable bonds is 7. The third-order valence-electron chi connectivity index (χ3n) is 6.49. The van der Waals surface area contributed by atoms with Crippen LogP contribution in [0, 0.1) is 5.92 Å². The first kappa shape index (κ1) is 21.4. The van der Waals surface area contributed by atoms with Crippen LogP contribution in [-0.4, -0.2) is 20.6 Å². The Balaban J connectivity index is 1.70. The summed E-state index contributed by atoms with van der Waals surface area (Å²) in [6.07, 6.45) is 5.52. The highest BCUT2D eigenvalue weighted by Crippen LogP contribution is 2.37. The number of carboxylic acid groups (broad SMARTS) is 1. The fourth-order valence-corrected chi connectivity index (χ4v) is 4.73. The van der Waals surface area contributed by atoms with Crippen molar-refractivity contribution in [1.29, 1.82) is 0 Å². The lowest BCUT2D eigenvalue weighted by atomic mass is 9.87. The first-order valence-corrected chi connectivity index (χ1v) is 11.5. The largest absolute Gasteiger partial charge is 0.481 e. The van der Waals surface area contributed by atoms with Gasteiger partial charge < -0.3 is 15.0 Å². The van der Waals surface area contributed by atoms with E-state index in [1.807, 2.05) is 6.07 Å². The summed E-state index contributed by atoms with van der Waals surface area (Å²) < 4.78 is 2.38. The van der Waals surface area contributed by atoms with Gasteiger partial charge in [-0.15, -0.1) is 0 Å². The quantitative estimate of drug-likeness (QED) is 0.449. The minimum Gasteiger partial charge on any atom is -0.481 e. The lowest BCUT2D eigenvalue weighted by molar-refractivity contribution is -0.136. The summed E-state index contributed by atoms with van der Waals surface area (Å²) >= 11 is 0. The molecular weight excluding hydrogens is 386 g/mol. The number of hydrogen-bond donors (Lipinski definition) is 2. The van der Waals surface area contributed by atoms with Gasteiger partial charge in [0.2, 0.25) is 5.95 Å². The predicted octanol–water partition coefficient (Wildman–Crippen LogP) is 6.67. The second-order valence-corrected chi connectivity index (χ2v) is 9.35. The Bertz CT molecular complexity index is 1050. The molecule has 2 aromatic carbocycles. The Labute approximate surface area is 184 Å². The fourth-order valence-electron chi connectivity index (χ4n) is 4.73. The second kappa shape index (κ2) is 9.13. The van der Waals surface area contributed by atoms with E-state index in [1.165, 1.54) is 18.4 Å². The number of anilines is 2. The number of aliphatic carboxylic acids is 1. The van der Waals surface area contributed by atoms with E-state index < -0.39 is 5.97 Å². The number of carbonyl (C=O) groups is 1. The van der Waals surface area contributed by atoms with Gasteiger partial charge in [0.1, 0.15) is 0 Å². The lowest BCUT2D eigenvalue weighted by Crippen LogP contribution is -2.19. The molecule has 2 atom stereocenters. The van der Waals surface area contributed by atoms with Crippen LogP contribution >= 0.6 is 0 Å². The van der Waals surface area contributed by atoms with Gasteiger partial charge in [-0.3, -0.25) is 4.79 Å². The standard InChI is InChI=1S/C26H33N3O2/c1-17(2)20-9-11-21(12-10-20)27-26-28-23-16-19(8-14-25(30)31)7-13-24(23)29(26)22-6-4-5-18(3)15-22/h7,9-13,16-18,22H,4-6,8,14-15H2,1-3H3,(H,27,28)(H,30,31)/t18-,22?/m1/s1. The molecule has 0 saturated heterocycles. The molecule has 3 aromatic rings. The Morgan fingerprint density at radius 2 is 1.97 bits per heavy atom. The summed E-state index contributed by atoms with van der Waals surface area (Å²) in [5, 5.41) is 12.6. The molecule has 0 amide bonds. The summed E-state index contributed by atoms with van der Waals surface area (Å²) in [4.78, 5) is 15.9. The zero-order valence-electron chi connectivity index (χ0n) is 18.8. The highest BCUT2D eigenvalue weighted by atomic mass is 16.4. The van der Waals surface area contributed by atoms with E-state index in [9.17, 15) is 4.79 Å². The number of fused-ring (bicyclic) bond motifs is 1. The number of carboxylic acids is 1. The van der Waals surface area contributed by atoms with Crippen molar-refractivity contribution in [1.82, 2.24) is 9.55 Å². The molecule has 4 rings (SSSR count). The molecule has 0 spiro atoms. The lowest BCUT2D eigenvalue weighted by Gasteiger charge is -2.29. The smallest absolute Gasteiger partial charge is 0.303 e. The topological polar surface area (TPSA) is 67.2 Å². The average molecular weight is 420 g/mol. The number of benzene rings is 2. The maximum Gasteiger partial charge on any atom is 0.303 e. The van der Waals surface area contributed by atoms with Gasteiger partial charge in [-0.2, -0.15) is 0 Å². The van der Waals surface area contributed by atoms with Gasteiger partial charge >= 0.3 is 5.97 Å². The van der Waals surface area contributed by atoms with Crippen molar-refractivity contribution in [3.63, 3.8) is 0 Å². The van der Waals surface area contributed by atoms with Crippen LogP contribution in [0.15, 0.2) is 42.5 Å². The van der Waals surface area contributed by atoms with Crippen LogP contribution in [0.5, 0.6) is 0 Å². The van der Waals surface area contributed by atoms with Crippen molar-refractivity contribution in [3.8, 4) is 0 Å². The van der Waals surface area contributed by atoms with E-state index in [-0.39, 0.29) is 6.42 Å². The van der Waals surface area contributed by atoms with Gasteiger partial charge in [0, 0.05) is 18.2 Å². The maximum absolute atomic E-state index is 11.0. The van der Waals surface area contributed by atoms with Gasteiger partial charge in [0.05, 0.1) is 11.0 Å². The van der Waals surface area contributed by atoms with Crippen molar-refractivity contribution in [2.75, 3.05) is 5.32 Å². The Hall–Kier alpha value is -2.82. The first-order chi connectivity index (χ1) is 14.9. The molecule has 1 fully saturated rings. The number of nitrogens with zero attached hydrogens (tertiary/aromatic N) is 2. The average Bonchev–Trinajstić information content (AvgIpc) is 3.09. The van der Waals surface area contributed by atoms with Crippen molar-refractivity contribution < 1.29 is 9.90 Å². The van der Waals surface area contributed by atoms with E-state index in [4.69, 9.17) is 10.1 Å². The van der Waals surface area contributed by atoms with Crippen LogP contribution < -0.4 is 5.32 Å². The number of aryl methyl sites for hydroxylation is 1. The molecule has 2 N–H and O–H groups in total. The Kier molecular flexibility index (Phi) is 6.30. The summed E-state index contributed by atoms with van der Waals surface area (Å²) in [5.41, 5.74) is 5.44. The third kappa shape index (κ3) is 4.92. The van der Waals surface area contributed by atoms with Gasteiger partial charge in [0.25, 0.3) is 0 Å². The summed E-state index contributed by atoms with van der Waals surface area (Å²) in [6.45, 7) is 6.75. The van der Waals surface area contributed by atoms with Gasteiger partial charge in [-0.05, 0) is 66.5 Å². The third-order valence-corrected chi connectivity index (χ3v) is 6.49. The fraction of sp³-hybridized carbons (Fsp3) is 0.462. The highest BCUT2D eigenvalue weighted by molar-refractivity contribution is 5.81. The normalized spacial score (nSPS) is 19.1. The van der Waals surface area contributed by atoms with Gasteiger partial charge in [-0.25, -0.2) is 4.98 Å². The summed E-state index contributed by atoms with van der Waals surface area (Å²) in [7, 11) is 0. The van der Waals surface area contributed by atoms with Crippen LogP contribution in [0.3, 0.4) is 0 Å². The van der Waals surface area contributed by atoms with E-state index in [2.05, 4.69) is 67.1 Å². The summed E-state index contributed by atoms with van der Waals surface area (Å²) in [5.74, 6) is 1.33. The van der Waals surface area contributed by atoms with Crippen molar-refractivity contribution in [2.45, 2.75) is 71.3 Å². The molecule has 5 heteroatoms. The van der Waals surface area contributed by atoms with Crippen LogP contribution in [0.25, 0.3) is 11.0 Å². The van der Waals surface area contributed by atoms with Crippen LogP contribution in [-0.2, 0) is 11.2 Å². The molecule has 1 unspecified atom stereocenters. The van der Waals surface area contributed by atoms with Crippen LogP contribution in [0.2, 0.25) is 0 Å². The zero-order chi connectivity index (χ0) is 22.0. The van der Waals surface area contributed by atoms with E-state index in [1.54, 1.807) is 0 Å². The first-order valence-electron chi connectivity index (χ1n) is 11.5. The second-order valence-electron chi connectivity index (χ2n) is 9.35. The van der Waals surface area contributed by atoms with Crippen molar-refractivity contribution in [2.24, 2.45) is 5.92 Å². The Morgan fingerprint density at radius 3 is 2.65 bits per heavy atom. The molecule has 5 nitrogen and oxygen atoms in total. The van der Waals surface area contributed by atoms with Gasteiger partial charge in [0.15, 0.2) is 0 Å². The zero-order valence-corrected chi connectivity index (χ0v) is 18.8. The number of imidazole rings is 1. The highest BCUT2D eigenvalue weighted by Gasteiger charge is 2.25. The molecule has 1 saturated carbocycles. The molecule has 164 valence electrons. The molecule has 1 heterocycles. The van der Waals surface area contributed by atoms with E-state index in [0.717, 1.165) is 41.1 Å². The van der Waals surface area contributed by atoms with E-state index in [0.29, 0.717) is 24.3 Å². The van der Waals surface area contributed by atoms with E-state index >= 15 is 0 Å². The minimum atomic E-state index is -0.769. The number of aromatic nitrogens is 2. The van der Waals surface area contributed by atoms with Crippen LogP contribution in [0.1, 0.15) is 76.0 Å². The molecular formula is C26H33N3O2. The molecule has 31 heavy (non-hydrogen) atoms.